The Morgan fingerprint density at radius 2 is 2.07 bits per heavy atom. The molecule has 2 N–H and O–H groups in total. The van der Waals surface area contributed by atoms with Crippen molar-refractivity contribution in [3.05, 3.63) is 62.9 Å². The van der Waals surface area contributed by atoms with Gasteiger partial charge in [0.05, 0.1) is 24.1 Å². The number of ether oxygens (including phenoxy) is 4. The van der Waals surface area contributed by atoms with Crippen molar-refractivity contribution in [1.29, 1.82) is 5.26 Å². The summed E-state index contributed by atoms with van der Waals surface area (Å²) in [6.07, 6.45) is 1.91. The highest BCUT2D eigenvalue weighted by Gasteiger charge is 2.35. The molecule has 8 heteroatoms. The maximum absolute atomic E-state index is 13.6. The Morgan fingerprint density at radius 3 is 2.83 bits per heavy atom. The van der Waals surface area contributed by atoms with Gasteiger partial charge in [0.2, 0.25) is 12.7 Å². The summed E-state index contributed by atoms with van der Waals surface area (Å²) in [5.41, 5.74) is 7.92. The van der Waals surface area contributed by atoms with Gasteiger partial charge in [0.15, 0.2) is 11.5 Å². The number of allylic oxidation sites excluding steroid dienone is 1. The van der Waals surface area contributed by atoms with Crippen LogP contribution in [-0.2, 0) is 11.3 Å². The zero-order valence-corrected chi connectivity index (χ0v) is 16.5. The van der Waals surface area contributed by atoms with Crippen LogP contribution in [0.2, 0.25) is 0 Å². The molecule has 0 amide bonds. The molecule has 2 aromatic rings. The summed E-state index contributed by atoms with van der Waals surface area (Å²) in [7, 11) is 0. The third-order valence-electron chi connectivity index (χ3n) is 5.83. The molecule has 3 aliphatic heterocycles. The molecular formula is C22H21N3O5. The first-order chi connectivity index (χ1) is 14.6. The quantitative estimate of drug-likeness (QED) is 0.831. The van der Waals surface area contributed by atoms with Crippen molar-refractivity contribution < 1.29 is 18.9 Å². The van der Waals surface area contributed by atoms with Gasteiger partial charge in [-0.3, -0.25) is 4.79 Å². The van der Waals surface area contributed by atoms with Gasteiger partial charge >= 0.3 is 0 Å². The number of nitriles is 1. The highest BCUT2D eigenvalue weighted by atomic mass is 16.7. The Balaban J connectivity index is 1.67. The number of fused-ring (bicyclic) bond motifs is 2. The molecule has 0 radical (unpaired) electrons. The number of aryl methyl sites for hydroxylation is 1. The number of hydrogen-bond acceptors (Lipinski definition) is 7. The average molecular weight is 407 g/mol. The molecule has 0 spiro atoms. The number of benzene rings is 1. The Kier molecular flexibility index (Phi) is 4.40. The second-order valence-corrected chi connectivity index (χ2v) is 7.65. The Morgan fingerprint density at radius 1 is 1.23 bits per heavy atom. The van der Waals surface area contributed by atoms with E-state index in [4.69, 9.17) is 24.7 Å². The molecule has 5 rings (SSSR count). The first-order valence-electron chi connectivity index (χ1n) is 9.90. The van der Waals surface area contributed by atoms with E-state index in [1.807, 2.05) is 13.0 Å². The lowest BCUT2D eigenvalue weighted by Crippen LogP contribution is -2.35. The molecule has 3 aliphatic rings. The molecule has 2 atom stereocenters. The van der Waals surface area contributed by atoms with Gasteiger partial charge in [-0.2, -0.15) is 5.26 Å². The smallest absolute Gasteiger partial charge is 0.258 e. The highest BCUT2D eigenvalue weighted by molar-refractivity contribution is 5.57. The lowest BCUT2D eigenvalue weighted by Gasteiger charge is -2.28. The molecule has 30 heavy (non-hydrogen) atoms. The van der Waals surface area contributed by atoms with Crippen LogP contribution in [0.4, 0.5) is 0 Å². The van der Waals surface area contributed by atoms with Crippen molar-refractivity contribution in [1.82, 2.24) is 4.57 Å². The van der Waals surface area contributed by atoms with E-state index in [1.54, 1.807) is 22.8 Å². The van der Waals surface area contributed by atoms with Gasteiger partial charge in [-0.05, 0) is 37.5 Å². The fourth-order valence-corrected chi connectivity index (χ4v) is 4.33. The van der Waals surface area contributed by atoms with Gasteiger partial charge in [0, 0.05) is 18.4 Å². The van der Waals surface area contributed by atoms with Crippen LogP contribution in [0, 0.1) is 18.3 Å². The normalized spacial score (nSPS) is 21.9. The van der Waals surface area contributed by atoms with Crippen LogP contribution in [0.5, 0.6) is 17.2 Å². The van der Waals surface area contributed by atoms with E-state index in [1.165, 1.54) is 0 Å². The van der Waals surface area contributed by atoms with Crippen molar-refractivity contribution in [2.45, 2.75) is 38.3 Å². The van der Waals surface area contributed by atoms with Crippen molar-refractivity contribution in [3.63, 3.8) is 0 Å². The molecule has 0 unspecified atom stereocenters. The van der Waals surface area contributed by atoms with Crippen molar-refractivity contribution >= 4 is 0 Å². The van der Waals surface area contributed by atoms with Crippen molar-refractivity contribution in [2.24, 2.45) is 5.73 Å². The van der Waals surface area contributed by atoms with Crippen LogP contribution >= 0.6 is 0 Å². The summed E-state index contributed by atoms with van der Waals surface area (Å²) >= 11 is 0. The number of pyridine rings is 1. The zero-order valence-electron chi connectivity index (χ0n) is 16.5. The molecule has 0 aliphatic carbocycles. The third-order valence-corrected chi connectivity index (χ3v) is 5.83. The molecule has 1 saturated heterocycles. The topological polar surface area (TPSA) is 109 Å². The molecule has 154 valence electrons. The number of nitrogens with two attached hydrogens (primary N) is 1. The van der Waals surface area contributed by atoms with Crippen LogP contribution < -0.4 is 25.5 Å². The van der Waals surface area contributed by atoms with Gasteiger partial charge in [-0.1, -0.05) is 6.07 Å². The van der Waals surface area contributed by atoms with E-state index in [0.717, 1.165) is 18.5 Å². The Bertz CT molecular complexity index is 1150. The Hall–Kier alpha value is -3.44. The summed E-state index contributed by atoms with van der Waals surface area (Å²) in [5, 5.41) is 9.80. The Labute approximate surface area is 173 Å². The van der Waals surface area contributed by atoms with E-state index in [2.05, 4.69) is 6.07 Å². The monoisotopic (exact) mass is 407 g/mol. The number of hydrogen-bond donors (Lipinski definition) is 1. The maximum atomic E-state index is 13.6. The van der Waals surface area contributed by atoms with Crippen LogP contribution in [0.25, 0.3) is 0 Å². The van der Waals surface area contributed by atoms with Crippen molar-refractivity contribution in [2.75, 3.05) is 13.4 Å². The fraction of sp³-hybridized carbons (Fsp3) is 0.364. The standard InChI is InChI=1S/C22H21N3O5/c1-12-7-18-20(22(26)25(12)10-14-3-2-6-27-14)19(15(9-23)21(24)30-18)13-4-5-16-17(8-13)29-11-28-16/h4-5,7-8,14,19H,2-3,6,10-11,24H2,1H3/t14-,19+/m1/s1. The average Bonchev–Trinajstić information content (AvgIpc) is 3.41. The molecular weight excluding hydrogens is 386 g/mol. The summed E-state index contributed by atoms with van der Waals surface area (Å²) in [5.74, 6) is 0.921. The van der Waals surface area contributed by atoms with Crippen molar-refractivity contribution in [3.8, 4) is 23.3 Å². The van der Waals surface area contributed by atoms with E-state index in [9.17, 15) is 10.1 Å². The lowest BCUT2D eigenvalue weighted by molar-refractivity contribution is 0.0955. The summed E-state index contributed by atoms with van der Waals surface area (Å²) in [6.45, 7) is 3.17. The molecule has 1 fully saturated rings. The molecule has 1 aromatic heterocycles. The predicted octanol–water partition coefficient (Wildman–Crippen LogP) is 2.28. The maximum Gasteiger partial charge on any atom is 0.258 e. The molecule has 1 aromatic carbocycles. The fourth-order valence-electron chi connectivity index (χ4n) is 4.33. The molecule has 4 heterocycles. The summed E-state index contributed by atoms with van der Waals surface area (Å²) in [6, 6.07) is 9.31. The van der Waals surface area contributed by atoms with E-state index < -0.39 is 5.92 Å². The number of aromatic nitrogens is 1. The summed E-state index contributed by atoms with van der Waals surface area (Å²) in [4.78, 5) is 13.6. The second-order valence-electron chi connectivity index (χ2n) is 7.65. The van der Waals surface area contributed by atoms with E-state index in [0.29, 0.717) is 41.5 Å². The van der Waals surface area contributed by atoms with Gasteiger partial charge in [-0.15, -0.1) is 0 Å². The van der Waals surface area contributed by atoms with Crippen LogP contribution in [0.1, 0.15) is 35.6 Å². The minimum Gasteiger partial charge on any atom is -0.454 e. The minimum atomic E-state index is -0.655. The van der Waals surface area contributed by atoms with Gasteiger partial charge in [0.25, 0.3) is 5.56 Å². The molecule has 0 saturated carbocycles. The largest absolute Gasteiger partial charge is 0.454 e. The van der Waals surface area contributed by atoms with Gasteiger partial charge in [0.1, 0.15) is 17.4 Å². The number of rotatable bonds is 3. The first kappa shape index (κ1) is 18.6. The van der Waals surface area contributed by atoms with Crippen LogP contribution in [-0.4, -0.2) is 24.1 Å². The molecule has 0 bridgehead atoms. The number of nitrogens with zero attached hydrogens (tertiary/aromatic N) is 2. The van der Waals surface area contributed by atoms with Gasteiger partial charge in [-0.25, -0.2) is 0 Å². The summed E-state index contributed by atoms with van der Waals surface area (Å²) < 4.78 is 24.0. The lowest BCUT2D eigenvalue weighted by atomic mass is 9.84. The highest BCUT2D eigenvalue weighted by Crippen LogP contribution is 2.43. The first-order valence-corrected chi connectivity index (χ1v) is 9.90. The SMILES string of the molecule is Cc1cc2c(c(=O)n1C[C@H]1CCCO1)[C@@H](c1ccc3c(c1)OCO3)C(C#N)=C(N)O2. The van der Waals surface area contributed by atoms with Crippen LogP contribution in [0.3, 0.4) is 0 Å². The van der Waals surface area contributed by atoms with E-state index >= 15 is 0 Å². The van der Waals surface area contributed by atoms with Gasteiger partial charge < -0.3 is 29.2 Å². The minimum absolute atomic E-state index is 0.00310. The third kappa shape index (κ3) is 2.90. The van der Waals surface area contributed by atoms with Crippen LogP contribution in [0.15, 0.2) is 40.5 Å². The predicted molar refractivity (Wildman–Crippen MR) is 106 cm³/mol. The molecule has 8 nitrogen and oxygen atoms in total. The zero-order chi connectivity index (χ0) is 20.8. The second kappa shape index (κ2) is 7.11. The van der Waals surface area contributed by atoms with E-state index in [-0.39, 0.29) is 29.9 Å².